The Bertz CT molecular complexity index is 506. The summed E-state index contributed by atoms with van der Waals surface area (Å²) in [6.07, 6.45) is 3.68. The van der Waals surface area contributed by atoms with Crippen molar-refractivity contribution < 1.29 is 0 Å². The number of hydrogen-bond donors (Lipinski definition) is 0. The molecule has 92 valence electrons. The van der Waals surface area contributed by atoms with E-state index in [-0.39, 0.29) is 4.32 Å². The van der Waals surface area contributed by atoms with Crippen LogP contribution in [0.25, 0.3) is 0 Å². The molecular formula is C17H17Br. The summed E-state index contributed by atoms with van der Waals surface area (Å²) in [5.41, 5.74) is 2.90. The first-order chi connectivity index (χ1) is 8.78. The van der Waals surface area contributed by atoms with E-state index in [0.717, 1.165) is 0 Å². The Hall–Kier alpha value is -1.08. The lowest BCUT2D eigenvalue weighted by Gasteiger charge is -2.22. The van der Waals surface area contributed by atoms with E-state index in [9.17, 15) is 0 Å². The zero-order chi connectivity index (χ0) is 12.4. The van der Waals surface area contributed by atoms with Crippen LogP contribution in [0.5, 0.6) is 0 Å². The lowest BCUT2D eigenvalue weighted by Crippen LogP contribution is -2.13. The average Bonchev–Trinajstić information content (AvgIpc) is 2.85. The van der Waals surface area contributed by atoms with Crippen LogP contribution in [0.2, 0.25) is 0 Å². The molecule has 1 aliphatic carbocycles. The smallest absolute Gasteiger partial charge is 0.0512 e. The van der Waals surface area contributed by atoms with Gasteiger partial charge in [0.1, 0.15) is 0 Å². The number of halogens is 1. The van der Waals surface area contributed by atoms with Gasteiger partial charge in [-0.05, 0) is 36.3 Å². The fraction of sp³-hybridized carbons (Fsp3) is 0.294. The van der Waals surface area contributed by atoms with E-state index in [1.54, 1.807) is 0 Å². The van der Waals surface area contributed by atoms with E-state index in [2.05, 4.69) is 76.6 Å². The molecule has 18 heavy (non-hydrogen) atoms. The third-order valence-corrected chi connectivity index (χ3v) is 5.20. The average molecular weight is 301 g/mol. The summed E-state index contributed by atoms with van der Waals surface area (Å²) in [4.78, 5) is 0. The zero-order valence-electron chi connectivity index (χ0n) is 10.4. The molecule has 0 amide bonds. The van der Waals surface area contributed by atoms with Gasteiger partial charge in [-0.1, -0.05) is 76.6 Å². The van der Waals surface area contributed by atoms with Gasteiger partial charge in [0, 0.05) is 0 Å². The van der Waals surface area contributed by atoms with Gasteiger partial charge in [-0.3, -0.25) is 0 Å². The Morgan fingerprint density at radius 2 is 1.50 bits per heavy atom. The van der Waals surface area contributed by atoms with Gasteiger partial charge < -0.3 is 0 Å². The molecule has 0 aromatic heterocycles. The van der Waals surface area contributed by atoms with Crippen molar-refractivity contribution in [3.05, 3.63) is 71.8 Å². The Kier molecular flexibility index (Phi) is 3.25. The SMILES string of the molecule is BrC1(c2ccccc2)CCC(c2ccccc2)C1. The quantitative estimate of drug-likeness (QED) is 0.665. The summed E-state index contributed by atoms with van der Waals surface area (Å²) in [5.74, 6) is 0.686. The minimum atomic E-state index is 0.175. The number of alkyl halides is 1. The predicted octanol–water partition coefficient (Wildman–Crippen LogP) is 5.24. The molecule has 2 atom stereocenters. The van der Waals surface area contributed by atoms with E-state index in [0.29, 0.717) is 5.92 Å². The van der Waals surface area contributed by atoms with Gasteiger partial charge >= 0.3 is 0 Å². The summed E-state index contributed by atoms with van der Waals surface area (Å²) < 4.78 is 0.175. The molecule has 1 heteroatoms. The molecule has 3 rings (SSSR count). The van der Waals surface area contributed by atoms with E-state index >= 15 is 0 Å². The maximum atomic E-state index is 3.99. The van der Waals surface area contributed by atoms with Crippen LogP contribution in [0, 0.1) is 0 Å². The molecular weight excluding hydrogens is 284 g/mol. The molecule has 2 aromatic carbocycles. The van der Waals surface area contributed by atoms with Gasteiger partial charge in [0.25, 0.3) is 0 Å². The first-order valence-electron chi connectivity index (χ1n) is 6.57. The number of benzene rings is 2. The third kappa shape index (κ3) is 2.24. The van der Waals surface area contributed by atoms with Crippen LogP contribution in [0.4, 0.5) is 0 Å². The first kappa shape index (κ1) is 12.0. The Balaban J connectivity index is 1.83. The monoisotopic (exact) mass is 300 g/mol. The van der Waals surface area contributed by atoms with Gasteiger partial charge in [-0.25, -0.2) is 0 Å². The molecule has 0 nitrogen and oxygen atoms in total. The normalized spacial score (nSPS) is 27.3. The van der Waals surface area contributed by atoms with Crippen LogP contribution in [-0.4, -0.2) is 0 Å². The van der Waals surface area contributed by atoms with Gasteiger partial charge in [0.05, 0.1) is 4.32 Å². The molecule has 0 spiro atoms. The van der Waals surface area contributed by atoms with Gasteiger partial charge in [0.15, 0.2) is 0 Å². The summed E-state index contributed by atoms with van der Waals surface area (Å²) in [6, 6.07) is 21.7. The van der Waals surface area contributed by atoms with Crippen molar-refractivity contribution in [1.82, 2.24) is 0 Å². The number of rotatable bonds is 2. The van der Waals surface area contributed by atoms with Crippen LogP contribution >= 0.6 is 15.9 Å². The van der Waals surface area contributed by atoms with Crippen LogP contribution in [0.1, 0.15) is 36.3 Å². The Labute approximate surface area is 117 Å². The molecule has 2 aromatic rings. The predicted molar refractivity (Wildman–Crippen MR) is 80.1 cm³/mol. The molecule has 0 N–H and O–H groups in total. The number of hydrogen-bond acceptors (Lipinski definition) is 0. The molecule has 0 radical (unpaired) electrons. The van der Waals surface area contributed by atoms with E-state index in [1.165, 1.54) is 30.4 Å². The van der Waals surface area contributed by atoms with Crippen molar-refractivity contribution in [3.63, 3.8) is 0 Å². The maximum Gasteiger partial charge on any atom is 0.0512 e. The molecule has 0 heterocycles. The van der Waals surface area contributed by atoms with Crippen molar-refractivity contribution in [2.75, 3.05) is 0 Å². The van der Waals surface area contributed by atoms with Crippen molar-refractivity contribution in [3.8, 4) is 0 Å². The van der Waals surface area contributed by atoms with Gasteiger partial charge in [-0.2, -0.15) is 0 Å². The molecule has 1 aliphatic rings. The highest BCUT2D eigenvalue weighted by molar-refractivity contribution is 9.09. The fourth-order valence-corrected chi connectivity index (χ4v) is 3.89. The lowest BCUT2D eigenvalue weighted by molar-refractivity contribution is 0.646. The second-order valence-corrected chi connectivity index (χ2v) is 6.70. The van der Waals surface area contributed by atoms with Crippen molar-refractivity contribution in [2.24, 2.45) is 0 Å². The topological polar surface area (TPSA) is 0 Å². The molecule has 1 fully saturated rings. The third-order valence-electron chi connectivity index (χ3n) is 4.02. The van der Waals surface area contributed by atoms with Crippen molar-refractivity contribution in [1.29, 1.82) is 0 Å². The van der Waals surface area contributed by atoms with Crippen LogP contribution < -0.4 is 0 Å². The minimum Gasteiger partial charge on any atom is -0.0801 e. The van der Waals surface area contributed by atoms with E-state index in [1.807, 2.05) is 0 Å². The Morgan fingerprint density at radius 3 is 2.17 bits per heavy atom. The van der Waals surface area contributed by atoms with Gasteiger partial charge in [0.2, 0.25) is 0 Å². The van der Waals surface area contributed by atoms with Crippen LogP contribution in [0.15, 0.2) is 60.7 Å². The molecule has 2 unspecified atom stereocenters. The van der Waals surface area contributed by atoms with Crippen molar-refractivity contribution >= 4 is 15.9 Å². The highest BCUT2D eigenvalue weighted by Gasteiger charge is 2.38. The lowest BCUT2D eigenvalue weighted by atomic mass is 9.93. The summed E-state index contributed by atoms with van der Waals surface area (Å²) in [5, 5.41) is 0. The van der Waals surface area contributed by atoms with E-state index < -0.39 is 0 Å². The Morgan fingerprint density at radius 1 is 0.889 bits per heavy atom. The first-order valence-corrected chi connectivity index (χ1v) is 7.37. The van der Waals surface area contributed by atoms with Crippen molar-refractivity contribution in [2.45, 2.75) is 29.5 Å². The zero-order valence-corrected chi connectivity index (χ0v) is 11.9. The second kappa shape index (κ2) is 4.89. The second-order valence-electron chi connectivity index (χ2n) is 5.18. The van der Waals surface area contributed by atoms with Gasteiger partial charge in [-0.15, -0.1) is 0 Å². The van der Waals surface area contributed by atoms with Crippen LogP contribution in [-0.2, 0) is 4.32 Å². The molecule has 0 saturated heterocycles. The summed E-state index contributed by atoms with van der Waals surface area (Å²) in [7, 11) is 0. The molecule has 1 saturated carbocycles. The highest BCUT2D eigenvalue weighted by Crippen LogP contribution is 2.52. The fourth-order valence-electron chi connectivity index (χ4n) is 3.01. The molecule has 0 bridgehead atoms. The highest BCUT2D eigenvalue weighted by atomic mass is 79.9. The molecule has 0 aliphatic heterocycles. The summed E-state index contributed by atoms with van der Waals surface area (Å²) in [6.45, 7) is 0. The summed E-state index contributed by atoms with van der Waals surface area (Å²) >= 11 is 3.99. The largest absolute Gasteiger partial charge is 0.0801 e. The standard InChI is InChI=1S/C17H17Br/c18-17(16-9-5-2-6-10-16)12-11-15(13-17)14-7-3-1-4-8-14/h1-10,15H,11-13H2. The maximum absolute atomic E-state index is 3.99. The van der Waals surface area contributed by atoms with Crippen LogP contribution in [0.3, 0.4) is 0 Å². The minimum absolute atomic E-state index is 0.175. The van der Waals surface area contributed by atoms with E-state index in [4.69, 9.17) is 0 Å².